The Balaban J connectivity index is 1.54. The molecule has 0 saturated heterocycles. The molecule has 2 aromatic heterocycles. The second-order valence-electron chi connectivity index (χ2n) is 5.48. The van der Waals surface area contributed by atoms with E-state index in [0.29, 0.717) is 17.5 Å². The van der Waals surface area contributed by atoms with Crippen molar-refractivity contribution in [1.82, 2.24) is 10.3 Å². The number of aromatic nitrogens is 1. The molecule has 0 bridgehead atoms. The fraction of sp³-hybridized carbons (Fsp3) is 0.412. The maximum atomic E-state index is 12.0. The van der Waals surface area contributed by atoms with Gasteiger partial charge in [-0.25, -0.2) is 0 Å². The van der Waals surface area contributed by atoms with Gasteiger partial charge in [-0.3, -0.25) is 9.78 Å². The molecule has 2 aromatic rings. The molecule has 1 saturated carbocycles. The Morgan fingerprint density at radius 1 is 1.32 bits per heavy atom. The Morgan fingerprint density at radius 2 is 2.18 bits per heavy atom. The number of hydrogen-bond donors (Lipinski definition) is 1. The van der Waals surface area contributed by atoms with Gasteiger partial charge in [0.2, 0.25) is 5.91 Å². The lowest BCUT2D eigenvalue weighted by atomic mass is 10.1. The molecule has 0 atom stereocenters. The molecule has 1 aliphatic carbocycles. The molecule has 0 unspecified atom stereocenters. The first kappa shape index (κ1) is 15.6. The molecule has 3 rings (SSSR count). The summed E-state index contributed by atoms with van der Waals surface area (Å²) in [5, 5.41) is 5.76. The van der Waals surface area contributed by atoms with E-state index in [9.17, 15) is 4.79 Å². The van der Waals surface area contributed by atoms with Crippen LogP contribution in [0.1, 0.15) is 31.2 Å². The van der Waals surface area contributed by atoms with Crippen LogP contribution in [0, 0.1) is 0 Å². The summed E-state index contributed by atoms with van der Waals surface area (Å²) >= 11 is 3.48. The van der Waals surface area contributed by atoms with Crippen LogP contribution in [-0.2, 0) is 11.3 Å². The molecule has 0 radical (unpaired) electrons. The van der Waals surface area contributed by atoms with Gasteiger partial charge in [-0.1, -0.05) is 25.0 Å². The first-order chi connectivity index (χ1) is 10.8. The fourth-order valence-electron chi connectivity index (χ4n) is 2.71. The highest BCUT2D eigenvalue weighted by molar-refractivity contribution is 8.00. The van der Waals surface area contributed by atoms with Crippen molar-refractivity contribution in [3.8, 4) is 10.6 Å². The highest BCUT2D eigenvalue weighted by Gasteiger charge is 2.16. The number of carbonyl (C=O) groups is 1. The van der Waals surface area contributed by atoms with Gasteiger partial charge >= 0.3 is 0 Å². The van der Waals surface area contributed by atoms with Gasteiger partial charge < -0.3 is 5.32 Å². The van der Waals surface area contributed by atoms with Crippen LogP contribution in [-0.4, -0.2) is 21.9 Å². The smallest absolute Gasteiger partial charge is 0.230 e. The summed E-state index contributed by atoms with van der Waals surface area (Å²) in [7, 11) is 0. The van der Waals surface area contributed by atoms with Crippen LogP contribution in [0.3, 0.4) is 0 Å². The molecule has 2 heterocycles. The second kappa shape index (κ2) is 7.79. The maximum absolute atomic E-state index is 12.0. The summed E-state index contributed by atoms with van der Waals surface area (Å²) in [6, 6.07) is 8.04. The molecule has 3 nitrogen and oxygen atoms in total. The van der Waals surface area contributed by atoms with Crippen molar-refractivity contribution in [3.63, 3.8) is 0 Å². The summed E-state index contributed by atoms with van der Waals surface area (Å²) in [4.78, 5) is 17.6. The Hall–Kier alpha value is -1.33. The van der Waals surface area contributed by atoms with E-state index in [0.717, 1.165) is 16.1 Å². The highest BCUT2D eigenvalue weighted by Crippen LogP contribution is 2.29. The van der Waals surface area contributed by atoms with Crippen molar-refractivity contribution < 1.29 is 4.79 Å². The van der Waals surface area contributed by atoms with Crippen molar-refractivity contribution in [3.05, 3.63) is 41.4 Å². The summed E-state index contributed by atoms with van der Waals surface area (Å²) in [6.45, 7) is 0.547. The zero-order chi connectivity index (χ0) is 15.2. The van der Waals surface area contributed by atoms with Crippen molar-refractivity contribution in [2.75, 3.05) is 5.75 Å². The van der Waals surface area contributed by atoms with Crippen LogP contribution in [0.15, 0.2) is 35.8 Å². The third kappa shape index (κ3) is 4.11. The number of rotatable bonds is 6. The zero-order valence-corrected chi connectivity index (χ0v) is 14.1. The van der Waals surface area contributed by atoms with Gasteiger partial charge in [-0.2, -0.15) is 0 Å². The highest BCUT2D eigenvalue weighted by atomic mass is 32.2. The first-order valence-corrected chi connectivity index (χ1v) is 9.62. The largest absolute Gasteiger partial charge is 0.351 e. The molecule has 5 heteroatoms. The van der Waals surface area contributed by atoms with E-state index in [1.165, 1.54) is 25.7 Å². The lowest BCUT2D eigenvalue weighted by Gasteiger charge is -2.10. The molecule has 0 spiro atoms. The first-order valence-electron chi connectivity index (χ1n) is 7.69. The summed E-state index contributed by atoms with van der Waals surface area (Å²) in [6.07, 6.45) is 6.97. The van der Waals surface area contributed by atoms with Crippen molar-refractivity contribution in [1.29, 1.82) is 0 Å². The van der Waals surface area contributed by atoms with E-state index >= 15 is 0 Å². The normalized spacial score (nSPS) is 15.1. The van der Waals surface area contributed by atoms with E-state index in [2.05, 4.69) is 16.4 Å². The second-order valence-corrected chi connectivity index (χ2v) is 7.72. The molecular formula is C17H20N2OS2. The van der Waals surface area contributed by atoms with Gasteiger partial charge in [-0.05, 0) is 35.9 Å². The number of carbonyl (C=O) groups excluding carboxylic acids is 1. The maximum Gasteiger partial charge on any atom is 0.230 e. The Morgan fingerprint density at radius 3 is 2.95 bits per heavy atom. The van der Waals surface area contributed by atoms with E-state index in [4.69, 9.17) is 0 Å². The van der Waals surface area contributed by atoms with Crippen LogP contribution in [0.25, 0.3) is 10.6 Å². The number of amides is 1. The van der Waals surface area contributed by atoms with Gasteiger partial charge in [0.1, 0.15) is 0 Å². The van der Waals surface area contributed by atoms with Crippen LogP contribution >= 0.6 is 23.1 Å². The predicted molar refractivity (Wildman–Crippen MR) is 94.1 cm³/mol. The molecular weight excluding hydrogens is 312 g/mol. The molecule has 116 valence electrons. The summed E-state index contributed by atoms with van der Waals surface area (Å²) < 4.78 is 0. The van der Waals surface area contributed by atoms with Gasteiger partial charge in [0, 0.05) is 18.0 Å². The van der Waals surface area contributed by atoms with Crippen LogP contribution in [0.5, 0.6) is 0 Å². The van der Waals surface area contributed by atoms with Crippen molar-refractivity contribution >= 4 is 29.0 Å². The molecule has 1 amide bonds. The third-order valence-corrected chi connectivity index (χ3v) is 6.12. The Labute approximate surface area is 139 Å². The zero-order valence-electron chi connectivity index (χ0n) is 12.5. The van der Waals surface area contributed by atoms with E-state index in [-0.39, 0.29) is 5.91 Å². The number of thiophene rings is 1. The minimum Gasteiger partial charge on any atom is -0.351 e. The van der Waals surface area contributed by atoms with Crippen LogP contribution in [0.4, 0.5) is 0 Å². The van der Waals surface area contributed by atoms with Crippen LogP contribution < -0.4 is 5.32 Å². The monoisotopic (exact) mass is 332 g/mol. The molecule has 1 aliphatic rings. The molecule has 1 N–H and O–H groups in total. The third-order valence-electron chi connectivity index (χ3n) is 3.87. The minimum absolute atomic E-state index is 0.123. The number of hydrogen-bond acceptors (Lipinski definition) is 4. The summed E-state index contributed by atoms with van der Waals surface area (Å²) in [5.74, 6) is 0.692. The minimum atomic E-state index is 0.123. The van der Waals surface area contributed by atoms with Gasteiger partial charge in [0.15, 0.2) is 0 Å². The number of nitrogens with one attached hydrogen (secondary N) is 1. The number of pyridine rings is 1. The Kier molecular flexibility index (Phi) is 5.51. The topological polar surface area (TPSA) is 42.0 Å². The molecule has 0 aromatic carbocycles. The van der Waals surface area contributed by atoms with E-state index in [1.54, 1.807) is 29.3 Å². The lowest BCUT2D eigenvalue weighted by Crippen LogP contribution is -2.25. The SMILES string of the molecule is O=C(CSC1CCCC1)NCc1cccnc1-c1cccs1. The van der Waals surface area contributed by atoms with Crippen molar-refractivity contribution in [2.24, 2.45) is 0 Å². The molecule has 0 aliphatic heterocycles. The van der Waals surface area contributed by atoms with Crippen LogP contribution in [0.2, 0.25) is 0 Å². The Bertz CT molecular complexity index is 607. The van der Waals surface area contributed by atoms with Gasteiger partial charge in [0.25, 0.3) is 0 Å². The van der Waals surface area contributed by atoms with E-state index < -0.39 is 0 Å². The quantitative estimate of drug-likeness (QED) is 0.866. The predicted octanol–water partition coefficient (Wildman–Crippen LogP) is 4.10. The lowest BCUT2D eigenvalue weighted by molar-refractivity contribution is -0.118. The average molecular weight is 332 g/mol. The fourth-order valence-corrected chi connectivity index (χ4v) is 4.62. The average Bonchev–Trinajstić information content (AvgIpc) is 3.24. The van der Waals surface area contributed by atoms with Gasteiger partial charge in [0.05, 0.1) is 16.3 Å². The van der Waals surface area contributed by atoms with E-state index in [1.807, 2.05) is 23.6 Å². The summed E-state index contributed by atoms with van der Waals surface area (Å²) in [5.41, 5.74) is 2.05. The molecule has 1 fully saturated rings. The number of nitrogens with zero attached hydrogens (tertiary/aromatic N) is 1. The standard InChI is InChI=1S/C17H20N2OS2/c20-16(12-22-14-6-1-2-7-14)19-11-13-5-3-9-18-17(13)15-8-4-10-21-15/h3-5,8-10,14H,1-2,6-7,11-12H2,(H,19,20). The van der Waals surface area contributed by atoms with Crippen molar-refractivity contribution in [2.45, 2.75) is 37.5 Å². The molecule has 22 heavy (non-hydrogen) atoms. The van der Waals surface area contributed by atoms with Gasteiger partial charge in [-0.15, -0.1) is 23.1 Å². The number of thioether (sulfide) groups is 1.